The number of hydrogen-bond donors (Lipinski definition) is 2. The number of ether oxygens (including phenoxy) is 1. The molecule has 3 aliphatic rings. The SMILES string of the molecule is Cl.c1cc(N2CC3CCC(C2)N3)c2[nH]c(N3CCOCC3)nc2n1. The Kier molecular flexibility index (Phi) is 4.24. The van der Waals surface area contributed by atoms with Gasteiger partial charge in [-0.15, -0.1) is 12.4 Å². The molecule has 0 aromatic carbocycles. The van der Waals surface area contributed by atoms with Crippen LogP contribution in [0.1, 0.15) is 12.8 Å². The second kappa shape index (κ2) is 6.38. The molecule has 5 heterocycles. The molecule has 2 bridgehead atoms. The van der Waals surface area contributed by atoms with E-state index >= 15 is 0 Å². The molecule has 2 atom stereocenters. The van der Waals surface area contributed by atoms with Crippen molar-refractivity contribution in [1.82, 2.24) is 20.3 Å². The smallest absolute Gasteiger partial charge is 0.205 e. The van der Waals surface area contributed by atoms with Crippen LogP contribution in [-0.4, -0.2) is 66.4 Å². The summed E-state index contributed by atoms with van der Waals surface area (Å²) in [6.45, 7) is 5.43. The van der Waals surface area contributed by atoms with Crippen molar-refractivity contribution in [1.29, 1.82) is 0 Å². The molecule has 2 N–H and O–H groups in total. The number of nitrogens with one attached hydrogen (secondary N) is 2. The number of nitrogens with zero attached hydrogens (tertiary/aromatic N) is 4. The maximum absolute atomic E-state index is 5.43. The normalized spacial score (nSPS) is 26.7. The van der Waals surface area contributed by atoms with Crippen molar-refractivity contribution in [2.75, 3.05) is 49.2 Å². The largest absolute Gasteiger partial charge is 0.378 e. The Morgan fingerprint density at radius 1 is 1.08 bits per heavy atom. The third-order valence-electron chi connectivity index (χ3n) is 5.23. The van der Waals surface area contributed by atoms with Crippen molar-refractivity contribution in [3.63, 3.8) is 0 Å². The van der Waals surface area contributed by atoms with Gasteiger partial charge in [-0.2, -0.15) is 4.98 Å². The van der Waals surface area contributed by atoms with Crippen LogP contribution in [0.25, 0.3) is 11.2 Å². The Morgan fingerprint density at radius 3 is 2.58 bits per heavy atom. The second-order valence-corrected chi connectivity index (χ2v) is 6.73. The van der Waals surface area contributed by atoms with E-state index in [2.05, 4.69) is 31.2 Å². The van der Waals surface area contributed by atoms with E-state index in [-0.39, 0.29) is 12.4 Å². The number of imidazole rings is 1. The lowest BCUT2D eigenvalue weighted by atomic mass is 10.2. The van der Waals surface area contributed by atoms with Crippen molar-refractivity contribution >= 4 is 35.2 Å². The van der Waals surface area contributed by atoms with Crippen molar-refractivity contribution in [2.24, 2.45) is 0 Å². The fourth-order valence-corrected chi connectivity index (χ4v) is 4.07. The van der Waals surface area contributed by atoms with Crippen LogP contribution in [0.3, 0.4) is 0 Å². The van der Waals surface area contributed by atoms with Crippen LogP contribution < -0.4 is 15.1 Å². The molecule has 2 unspecified atom stereocenters. The first kappa shape index (κ1) is 15.9. The van der Waals surface area contributed by atoms with Crippen molar-refractivity contribution in [3.8, 4) is 0 Å². The monoisotopic (exact) mass is 350 g/mol. The van der Waals surface area contributed by atoms with E-state index < -0.39 is 0 Å². The van der Waals surface area contributed by atoms with Gasteiger partial charge in [0.15, 0.2) is 5.65 Å². The molecule has 3 aliphatic heterocycles. The quantitative estimate of drug-likeness (QED) is 0.847. The van der Waals surface area contributed by atoms with Crippen LogP contribution >= 0.6 is 12.4 Å². The molecule has 2 aromatic heterocycles. The zero-order valence-corrected chi connectivity index (χ0v) is 14.4. The Hall–Kier alpha value is -1.57. The number of pyridine rings is 1. The third-order valence-corrected chi connectivity index (χ3v) is 5.23. The van der Waals surface area contributed by atoms with E-state index in [0.717, 1.165) is 56.5 Å². The molecule has 3 fully saturated rings. The lowest BCUT2D eigenvalue weighted by molar-refractivity contribution is 0.122. The highest BCUT2D eigenvalue weighted by Gasteiger charge is 2.33. The number of rotatable bonds is 2. The summed E-state index contributed by atoms with van der Waals surface area (Å²) in [5.41, 5.74) is 3.12. The minimum absolute atomic E-state index is 0. The van der Waals surface area contributed by atoms with Gasteiger partial charge in [0, 0.05) is 44.5 Å². The molecule has 0 radical (unpaired) electrons. The van der Waals surface area contributed by atoms with Crippen LogP contribution in [-0.2, 0) is 4.74 Å². The van der Waals surface area contributed by atoms with E-state index in [1.807, 2.05) is 6.20 Å². The summed E-state index contributed by atoms with van der Waals surface area (Å²) in [5, 5.41) is 3.69. The van der Waals surface area contributed by atoms with Gasteiger partial charge in [0.25, 0.3) is 0 Å². The van der Waals surface area contributed by atoms with Gasteiger partial charge in [-0.3, -0.25) is 0 Å². The van der Waals surface area contributed by atoms with Crippen molar-refractivity contribution in [2.45, 2.75) is 24.9 Å². The molecule has 130 valence electrons. The van der Waals surface area contributed by atoms with Gasteiger partial charge in [-0.1, -0.05) is 0 Å². The van der Waals surface area contributed by atoms with E-state index in [1.165, 1.54) is 18.5 Å². The average molecular weight is 351 g/mol. The lowest BCUT2D eigenvalue weighted by Crippen LogP contribution is -2.51. The first-order chi connectivity index (χ1) is 11.4. The van der Waals surface area contributed by atoms with Crippen LogP contribution in [0.4, 0.5) is 11.6 Å². The zero-order valence-electron chi connectivity index (χ0n) is 13.6. The fourth-order valence-electron chi connectivity index (χ4n) is 4.07. The summed E-state index contributed by atoms with van der Waals surface area (Å²) in [7, 11) is 0. The number of aromatic amines is 1. The topological polar surface area (TPSA) is 69.3 Å². The van der Waals surface area contributed by atoms with Gasteiger partial charge in [0.05, 0.1) is 18.9 Å². The Bertz CT molecular complexity index is 704. The molecule has 0 amide bonds. The fraction of sp³-hybridized carbons (Fsp3) is 0.625. The predicted octanol–water partition coefficient (Wildman–Crippen LogP) is 1.16. The Labute approximate surface area is 147 Å². The highest BCUT2D eigenvalue weighted by Crippen LogP contribution is 2.30. The molecular weight excluding hydrogens is 328 g/mol. The third kappa shape index (κ3) is 2.70. The minimum Gasteiger partial charge on any atom is -0.378 e. The molecule has 0 spiro atoms. The molecule has 2 aromatic rings. The predicted molar refractivity (Wildman–Crippen MR) is 96.3 cm³/mol. The summed E-state index contributed by atoms with van der Waals surface area (Å²) in [5.74, 6) is 0.918. The lowest BCUT2D eigenvalue weighted by Gasteiger charge is -2.34. The zero-order chi connectivity index (χ0) is 15.2. The van der Waals surface area contributed by atoms with Crippen LogP contribution in [0, 0.1) is 0 Å². The molecule has 0 saturated carbocycles. The minimum atomic E-state index is 0. The highest BCUT2D eigenvalue weighted by atomic mass is 35.5. The van der Waals surface area contributed by atoms with Gasteiger partial charge >= 0.3 is 0 Å². The number of H-pyrrole nitrogens is 1. The van der Waals surface area contributed by atoms with Gasteiger partial charge in [0.1, 0.15) is 5.52 Å². The summed E-state index contributed by atoms with van der Waals surface area (Å²) in [4.78, 5) is 17.4. The molecule has 7 nitrogen and oxygen atoms in total. The van der Waals surface area contributed by atoms with E-state index in [0.29, 0.717) is 12.1 Å². The average Bonchev–Trinajstić information content (AvgIpc) is 3.18. The van der Waals surface area contributed by atoms with Crippen molar-refractivity contribution < 1.29 is 4.74 Å². The number of hydrogen-bond acceptors (Lipinski definition) is 6. The van der Waals surface area contributed by atoms with Crippen LogP contribution in [0.5, 0.6) is 0 Å². The Balaban J connectivity index is 0.00000146. The van der Waals surface area contributed by atoms with E-state index in [1.54, 1.807) is 0 Å². The van der Waals surface area contributed by atoms with E-state index in [9.17, 15) is 0 Å². The number of anilines is 2. The number of aromatic nitrogens is 3. The van der Waals surface area contributed by atoms with Gasteiger partial charge in [0.2, 0.25) is 5.95 Å². The second-order valence-electron chi connectivity index (χ2n) is 6.73. The van der Waals surface area contributed by atoms with Crippen molar-refractivity contribution in [3.05, 3.63) is 12.3 Å². The standard InChI is InChI=1S/C16H22N6O.ClH/c1-2-12-10-22(9-11(1)18-12)13-3-4-17-15-14(13)19-16(20-15)21-5-7-23-8-6-21;/h3-4,11-12,18H,1-2,5-10H2,(H,17,19,20);1H. The van der Waals surface area contributed by atoms with E-state index in [4.69, 9.17) is 9.72 Å². The first-order valence-electron chi connectivity index (χ1n) is 8.55. The van der Waals surface area contributed by atoms with Gasteiger partial charge in [-0.05, 0) is 18.9 Å². The van der Waals surface area contributed by atoms with Gasteiger partial charge < -0.3 is 24.8 Å². The number of morpholine rings is 1. The van der Waals surface area contributed by atoms with Crippen LogP contribution in [0.2, 0.25) is 0 Å². The summed E-state index contributed by atoms with van der Waals surface area (Å²) >= 11 is 0. The summed E-state index contributed by atoms with van der Waals surface area (Å²) in [6.07, 6.45) is 4.46. The molecular formula is C16H23ClN6O. The number of halogens is 1. The molecule has 0 aliphatic carbocycles. The number of piperazine rings is 1. The molecule has 5 rings (SSSR count). The summed E-state index contributed by atoms with van der Waals surface area (Å²) in [6, 6.07) is 3.37. The molecule has 24 heavy (non-hydrogen) atoms. The van der Waals surface area contributed by atoms with Gasteiger partial charge in [-0.25, -0.2) is 4.98 Å². The molecule has 8 heteroatoms. The van der Waals surface area contributed by atoms with Crippen LogP contribution in [0.15, 0.2) is 12.3 Å². The first-order valence-corrected chi connectivity index (χ1v) is 8.55. The highest BCUT2D eigenvalue weighted by molar-refractivity contribution is 5.87. The molecule has 3 saturated heterocycles. The maximum atomic E-state index is 5.43. The maximum Gasteiger partial charge on any atom is 0.205 e. The summed E-state index contributed by atoms with van der Waals surface area (Å²) < 4.78 is 5.43. The number of fused-ring (bicyclic) bond motifs is 3. The Morgan fingerprint density at radius 2 is 1.83 bits per heavy atom.